The van der Waals surface area contributed by atoms with E-state index in [1.54, 1.807) is 0 Å². The van der Waals surface area contributed by atoms with Crippen molar-refractivity contribution in [1.29, 1.82) is 0 Å². The molecular formula is C14H14F4N2O. The van der Waals surface area contributed by atoms with E-state index in [-0.39, 0.29) is 5.69 Å². The van der Waals surface area contributed by atoms with E-state index < -0.39 is 29.2 Å². The Hall–Kier alpha value is -1.89. The Bertz CT molecular complexity index is 622. The lowest BCUT2D eigenvalue weighted by atomic mass is 9.99. The topological polar surface area (TPSA) is 38.0 Å². The minimum atomic E-state index is -4.67. The highest BCUT2D eigenvalue weighted by molar-refractivity contribution is 5.36. The average Bonchev–Trinajstić information content (AvgIpc) is 2.85. The number of halogens is 4. The van der Waals surface area contributed by atoms with Crippen molar-refractivity contribution in [3.8, 4) is 0 Å². The molecule has 0 aliphatic heterocycles. The average molecular weight is 302 g/mol. The fourth-order valence-corrected chi connectivity index (χ4v) is 2.15. The first-order chi connectivity index (χ1) is 9.84. The molecule has 0 radical (unpaired) electrons. The molecule has 0 aliphatic rings. The minimum Gasteiger partial charge on any atom is -0.382 e. The van der Waals surface area contributed by atoms with Gasteiger partial charge in [0, 0.05) is 18.3 Å². The Morgan fingerprint density at radius 1 is 1.29 bits per heavy atom. The summed E-state index contributed by atoms with van der Waals surface area (Å²) >= 11 is 0. The van der Waals surface area contributed by atoms with Gasteiger partial charge in [0.05, 0.1) is 11.3 Å². The second-order valence-electron chi connectivity index (χ2n) is 4.61. The molecule has 2 aromatic rings. The molecule has 1 unspecified atom stereocenters. The Labute approximate surface area is 118 Å². The number of hydrogen-bond donors (Lipinski definition) is 1. The van der Waals surface area contributed by atoms with Gasteiger partial charge in [0.25, 0.3) is 0 Å². The van der Waals surface area contributed by atoms with Gasteiger partial charge in [0.2, 0.25) is 0 Å². The predicted octanol–water partition coefficient (Wildman–Crippen LogP) is 3.53. The van der Waals surface area contributed by atoms with Crippen LogP contribution in [-0.4, -0.2) is 14.9 Å². The van der Waals surface area contributed by atoms with Crippen LogP contribution in [0, 0.1) is 5.82 Å². The number of aryl methyl sites for hydroxylation is 1. The predicted molar refractivity (Wildman–Crippen MR) is 68.0 cm³/mol. The van der Waals surface area contributed by atoms with Crippen molar-refractivity contribution in [3.63, 3.8) is 0 Å². The van der Waals surface area contributed by atoms with Crippen LogP contribution in [0.4, 0.5) is 17.6 Å². The molecule has 114 valence electrons. The molecule has 1 aromatic carbocycles. The number of aliphatic hydroxyl groups excluding tert-OH is 1. The van der Waals surface area contributed by atoms with E-state index in [0.29, 0.717) is 25.1 Å². The van der Waals surface area contributed by atoms with Gasteiger partial charge in [-0.05, 0) is 30.7 Å². The number of rotatable bonds is 4. The van der Waals surface area contributed by atoms with Crippen LogP contribution in [-0.2, 0) is 12.7 Å². The Balaban J connectivity index is 2.49. The molecule has 7 heteroatoms. The second-order valence-corrected chi connectivity index (χ2v) is 4.61. The smallest absolute Gasteiger partial charge is 0.382 e. The van der Waals surface area contributed by atoms with Crippen molar-refractivity contribution in [2.75, 3.05) is 0 Å². The van der Waals surface area contributed by atoms with Crippen molar-refractivity contribution < 1.29 is 22.7 Å². The highest BCUT2D eigenvalue weighted by Crippen LogP contribution is 2.36. The lowest BCUT2D eigenvalue weighted by Crippen LogP contribution is -2.16. The van der Waals surface area contributed by atoms with Crippen LogP contribution in [0.5, 0.6) is 0 Å². The zero-order valence-electron chi connectivity index (χ0n) is 11.2. The zero-order chi connectivity index (χ0) is 15.6. The summed E-state index contributed by atoms with van der Waals surface area (Å²) in [7, 11) is 0. The molecule has 1 atom stereocenters. The highest BCUT2D eigenvalue weighted by atomic mass is 19.4. The molecule has 0 saturated heterocycles. The van der Waals surface area contributed by atoms with Crippen LogP contribution in [0.2, 0.25) is 0 Å². The largest absolute Gasteiger partial charge is 0.416 e. The highest BCUT2D eigenvalue weighted by Gasteiger charge is 2.36. The molecule has 0 fully saturated rings. The summed E-state index contributed by atoms with van der Waals surface area (Å²) in [5.41, 5.74) is -1.37. The Morgan fingerprint density at radius 3 is 2.62 bits per heavy atom. The summed E-state index contributed by atoms with van der Waals surface area (Å²) in [5, 5.41) is 14.2. The Kier molecular flexibility index (Phi) is 4.32. The summed E-state index contributed by atoms with van der Waals surface area (Å²) < 4.78 is 53.6. The van der Waals surface area contributed by atoms with Crippen molar-refractivity contribution in [1.82, 2.24) is 9.78 Å². The summed E-state index contributed by atoms with van der Waals surface area (Å²) in [6.45, 7) is 2.33. The van der Waals surface area contributed by atoms with E-state index in [4.69, 9.17) is 0 Å². The molecule has 3 nitrogen and oxygen atoms in total. The lowest BCUT2D eigenvalue weighted by molar-refractivity contribution is -0.139. The maximum absolute atomic E-state index is 13.3. The van der Waals surface area contributed by atoms with Crippen LogP contribution in [0.15, 0.2) is 30.5 Å². The third-order valence-corrected chi connectivity index (χ3v) is 3.08. The number of aromatic nitrogens is 2. The molecule has 21 heavy (non-hydrogen) atoms. The molecule has 1 aromatic heterocycles. The number of hydrogen-bond acceptors (Lipinski definition) is 2. The van der Waals surface area contributed by atoms with Gasteiger partial charge in [0.15, 0.2) is 0 Å². The molecule has 0 aliphatic carbocycles. The van der Waals surface area contributed by atoms with Crippen LogP contribution < -0.4 is 0 Å². The first-order valence-corrected chi connectivity index (χ1v) is 6.41. The van der Waals surface area contributed by atoms with Gasteiger partial charge in [-0.1, -0.05) is 6.92 Å². The SMILES string of the molecule is CCCn1nccc1C(O)c1cc(F)ccc1C(F)(F)F. The maximum Gasteiger partial charge on any atom is 0.416 e. The molecule has 0 spiro atoms. The van der Waals surface area contributed by atoms with Gasteiger partial charge in [-0.15, -0.1) is 0 Å². The van der Waals surface area contributed by atoms with E-state index in [9.17, 15) is 22.7 Å². The van der Waals surface area contributed by atoms with Crippen molar-refractivity contribution in [2.45, 2.75) is 32.2 Å². The standard InChI is InChI=1S/C14H14F4N2O/c1-2-7-20-12(5-6-19-20)13(21)10-8-9(15)3-4-11(10)14(16,17)18/h3-6,8,13,21H,2,7H2,1H3. The minimum absolute atomic E-state index is 0.202. The molecule has 0 amide bonds. The van der Waals surface area contributed by atoms with E-state index in [1.807, 2.05) is 6.92 Å². The summed E-state index contributed by atoms with van der Waals surface area (Å²) in [4.78, 5) is 0. The number of aliphatic hydroxyl groups is 1. The van der Waals surface area contributed by atoms with Crippen LogP contribution in [0.25, 0.3) is 0 Å². The van der Waals surface area contributed by atoms with Crippen LogP contribution >= 0.6 is 0 Å². The van der Waals surface area contributed by atoms with Gasteiger partial charge in [-0.3, -0.25) is 4.68 Å². The Morgan fingerprint density at radius 2 is 2.00 bits per heavy atom. The fourth-order valence-electron chi connectivity index (χ4n) is 2.15. The van der Waals surface area contributed by atoms with Crippen LogP contribution in [0.1, 0.15) is 36.3 Å². The molecule has 2 rings (SSSR count). The first kappa shape index (κ1) is 15.5. The molecule has 0 saturated carbocycles. The monoisotopic (exact) mass is 302 g/mol. The quantitative estimate of drug-likeness (QED) is 0.877. The summed E-state index contributed by atoms with van der Waals surface area (Å²) in [6, 6.07) is 3.49. The second kappa shape index (κ2) is 5.85. The normalized spacial score (nSPS) is 13.4. The van der Waals surface area contributed by atoms with Gasteiger partial charge in [-0.2, -0.15) is 18.3 Å². The molecular weight excluding hydrogens is 288 g/mol. The maximum atomic E-state index is 13.3. The molecule has 1 N–H and O–H groups in total. The molecule has 1 heterocycles. The lowest BCUT2D eigenvalue weighted by Gasteiger charge is -2.18. The van der Waals surface area contributed by atoms with Crippen molar-refractivity contribution in [3.05, 3.63) is 53.1 Å². The fraction of sp³-hybridized carbons (Fsp3) is 0.357. The van der Waals surface area contributed by atoms with E-state index in [2.05, 4.69) is 5.10 Å². The van der Waals surface area contributed by atoms with Gasteiger partial charge in [-0.25, -0.2) is 4.39 Å². The summed E-state index contributed by atoms with van der Waals surface area (Å²) in [5.74, 6) is -0.835. The van der Waals surface area contributed by atoms with Crippen molar-refractivity contribution in [2.24, 2.45) is 0 Å². The summed E-state index contributed by atoms with van der Waals surface area (Å²) in [6.07, 6.45) is -4.16. The van der Waals surface area contributed by atoms with Gasteiger partial charge in [0.1, 0.15) is 11.9 Å². The van der Waals surface area contributed by atoms with Gasteiger partial charge >= 0.3 is 6.18 Å². The van der Waals surface area contributed by atoms with E-state index >= 15 is 0 Å². The third kappa shape index (κ3) is 3.24. The number of alkyl halides is 3. The molecule has 0 bridgehead atoms. The number of benzene rings is 1. The zero-order valence-corrected chi connectivity index (χ0v) is 11.2. The van der Waals surface area contributed by atoms with Crippen molar-refractivity contribution >= 4 is 0 Å². The third-order valence-electron chi connectivity index (χ3n) is 3.08. The van der Waals surface area contributed by atoms with E-state index in [1.165, 1.54) is 16.9 Å². The number of nitrogens with zero attached hydrogens (tertiary/aromatic N) is 2. The first-order valence-electron chi connectivity index (χ1n) is 6.41. The van der Waals surface area contributed by atoms with Gasteiger partial charge < -0.3 is 5.11 Å². The van der Waals surface area contributed by atoms with E-state index in [0.717, 1.165) is 6.07 Å². The van der Waals surface area contributed by atoms with Crippen LogP contribution in [0.3, 0.4) is 0 Å².